The number of rotatable bonds is 5. The van der Waals surface area contributed by atoms with Gasteiger partial charge in [-0.25, -0.2) is 32.5 Å². The lowest BCUT2D eigenvalue weighted by Gasteiger charge is -2.40. The summed E-state index contributed by atoms with van der Waals surface area (Å²) in [4.78, 5) is 42.3. The monoisotopic (exact) mass is 586 g/mol. The summed E-state index contributed by atoms with van der Waals surface area (Å²) >= 11 is 0. The topological polar surface area (TPSA) is 111 Å². The summed E-state index contributed by atoms with van der Waals surface area (Å²) in [6.07, 6.45) is 2.68. The Morgan fingerprint density at radius 1 is 1.05 bits per heavy atom. The fraction of sp³-hybridized carbons (Fsp3) is 0.433. The normalized spacial score (nSPS) is 26.7. The lowest BCUT2D eigenvalue weighted by atomic mass is 9.77. The maximum Gasteiger partial charge on any atom is 0.337 e. The molecule has 2 aromatic rings. The predicted molar refractivity (Wildman–Crippen MR) is 145 cm³/mol. The molecule has 4 amide bonds. The molecule has 2 atom stereocenters. The van der Waals surface area contributed by atoms with Crippen LogP contribution in [0.3, 0.4) is 0 Å². The molecule has 9 nitrogen and oxygen atoms in total. The van der Waals surface area contributed by atoms with Crippen molar-refractivity contribution in [1.29, 1.82) is 0 Å². The zero-order valence-electron chi connectivity index (χ0n) is 23.3. The Labute approximate surface area is 241 Å². The SMILES string of the molecule is COC(=O)C1=C(C)NC(=O)N(C(=O)NC2CCN(C3CCC(O)(c4ccccc4F)CC3)C2)C1c1ccc(F)c(F)c1. The van der Waals surface area contributed by atoms with Gasteiger partial charge in [0.25, 0.3) is 0 Å². The Morgan fingerprint density at radius 2 is 1.76 bits per heavy atom. The fourth-order valence-corrected chi connectivity index (χ4v) is 6.36. The molecule has 0 bridgehead atoms. The van der Waals surface area contributed by atoms with E-state index < -0.39 is 47.1 Å². The van der Waals surface area contributed by atoms with Crippen LogP contribution in [0, 0.1) is 17.5 Å². The van der Waals surface area contributed by atoms with Crippen LogP contribution in [0.2, 0.25) is 0 Å². The first-order valence-electron chi connectivity index (χ1n) is 13.9. The molecule has 224 valence electrons. The average molecular weight is 587 g/mol. The van der Waals surface area contributed by atoms with Gasteiger partial charge in [0.2, 0.25) is 0 Å². The molecule has 5 rings (SSSR count). The second-order valence-corrected chi connectivity index (χ2v) is 11.1. The van der Waals surface area contributed by atoms with Gasteiger partial charge in [-0.1, -0.05) is 24.3 Å². The van der Waals surface area contributed by atoms with Crippen molar-refractivity contribution in [1.82, 2.24) is 20.4 Å². The summed E-state index contributed by atoms with van der Waals surface area (Å²) in [5.41, 5.74) is -0.854. The minimum Gasteiger partial charge on any atom is -0.466 e. The van der Waals surface area contributed by atoms with E-state index in [1.165, 1.54) is 19.1 Å². The minimum atomic E-state index is -1.35. The van der Waals surface area contributed by atoms with Crippen molar-refractivity contribution in [3.63, 3.8) is 0 Å². The Hall–Kier alpha value is -3.90. The van der Waals surface area contributed by atoms with E-state index >= 15 is 0 Å². The van der Waals surface area contributed by atoms with E-state index in [1.54, 1.807) is 18.2 Å². The molecule has 0 aromatic heterocycles. The standard InChI is InChI=1S/C30H33F3N4O5/c1-17-25(27(38)42-2)26(18-7-8-23(32)24(33)15-18)37(28(39)34-17)29(40)35-19-11-14-36(16-19)20-9-12-30(41,13-10-20)21-5-3-4-6-22(21)31/h3-8,15,19-20,26,41H,9-14,16H2,1-2H3,(H,34,39)(H,35,40). The summed E-state index contributed by atoms with van der Waals surface area (Å²) in [6.45, 7) is 2.61. The first kappa shape index (κ1) is 29.6. The highest BCUT2D eigenvalue weighted by Gasteiger charge is 2.44. The minimum absolute atomic E-state index is 0.0243. The Kier molecular flexibility index (Phi) is 8.29. The van der Waals surface area contributed by atoms with Crippen LogP contribution in [0.5, 0.6) is 0 Å². The van der Waals surface area contributed by atoms with Gasteiger partial charge in [0.1, 0.15) is 11.9 Å². The lowest BCUT2D eigenvalue weighted by molar-refractivity contribution is -0.136. The molecule has 3 N–H and O–H groups in total. The zero-order valence-corrected chi connectivity index (χ0v) is 23.3. The van der Waals surface area contributed by atoms with Gasteiger partial charge in [-0.15, -0.1) is 0 Å². The quantitative estimate of drug-likeness (QED) is 0.453. The van der Waals surface area contributed by atoms with Crippen molar-refractivity contribution >= 4 is 18.0 Å². The van der Waals surface area contributed by atoms with E-state index in [1.807, 2.05) is 0 Å². The molecular formula is C30H33F3N4O5. The van der Waals surface area contributed by atoms with Gasteiger partial charge in [0.15, 0.2) is 11.6 Å². The molecule has 0 spiro atoms. The van der Waals surface area contributed by atoms with Gasteiger partial charge in [-0.05, 0) is 62.8 Å². The van der Waals surface area contributed by atoms with E-state index in [-0.39, 0.29) is 28.9 Å². The zero-order chi connectivity index (χ0) is 30.2. The summed E-state index contributed by atoms with van der Waals surface area (Å²) in [7, 11) is 1.14. The van der Waals surface area contributed by atoms with Crippen LogP contribution in [-0.2, 0) is 15.1 Å². The summed E-state index contributed by atoms with van der Waals surface area (Å²) < 4.78 is 47.2. The highest BCUT2D eigenvalue weighted by molar-refractivity contribution is 6.01. The number of amides is 4. The number of methoxy groups -OCH3 is 1. The molecule has 2 fully saturated rings. The number of hydrogen-bond acceptors (Lipinski definition) is 6. The van der Waals surface area contributed by atoms with Gasteiger partial charge in [0.05, 0.1) is 18.3 Å². The van der Waals surface area contributed by atoms with Crippen molar-refractivity contribution in [3.8, 4) is 0 Å². The van der Waals surface area contributed by atoms with Gasteiger partial charge >= 0.3 is 18.0 Å². The largest absolute Gasteiger partial charge is 0.466 e. The van der Waals surface area contributed by atoms with Crippen LogP contribution in [0.15, 0.2) is 53.7 Å². The van der Waals surface area contributed by atoms with Gasteiger partial charge < -0.3 is 20.5 Å². The molecule has 1 saturated carbocycles. The van der Waals surface area contributed by atoms with E-state index in [2.05, 4.69) is 15.5 Å². The molecule has 2 aromatic carbocycles. The van der Waals surface area contributed by atoms with Gasteiger partial charge in [-0.2, -0.15) is 0 Å². The number of carbonyl (C=O) groups excluding carboxylic acids is 3. The number of imide groups is 1. The number of benzene rings is 2. The van der Waals surface area contributed by atoms with Crippen LogP contribution in [0.1, 0.15) is 56.2 Å². The van der Waals surface area contributed by atoms with Gasteiger partial charge in [-0.3, -0.25) is 4.90 Å². The van der Waals surface area contributed by atoms with E-state index in [9.17, 15) is 32.7 Å². The first-order chi connectivity index (χ1) is 20.0. The second-order valence-electron chi connectivity index (χ2n) is 11.1. The summed E-state index contributed by atoms with van der Waals surface area (Å²) in [5, 5.41) is 16.5. The third kappa shape index (κ3) is 5.60. The smallest absolute Gasteiger partial charge is 0.337 e. The van der Waals surface area contributed by atoms with E-state index in [4.69, 9.17) is 4.74 Å². The molecule has 42 heavy (non-hydrogen) atoms. The van der Waals surface area contributed by atoms with Crippen LogP contribution in [-0.4, -0.2) is 65.2 Å². The van der Waals surface area contributed by atoms with Crippen LogP contribution < -0.4 is 10.6 Å². The summed E-state index contributed by atoms with van der Waals surface area (Å²) in [5.74, 6) is -3.57. The predicted octanol–water partition coefficient (Wildman–Crippen LogP) is 4.23. The number of ether oxygens (including phenoxy) is 1. The molecule has 2 aliphatic heterocycles. The van der Waals surface area contributed by atoms with Crippen LogP contribution >= 0.6 is 0 Å². The van der Waals surface area contributed by atoms with Crippen LogP contribution in [0.25, 0.3) is 0 Å². The number of urea groups is 2. The molecule has 2 heterocycles. The average Bonchev–Trinajstić information content (AvgIpc) is 3.42. The highest BCUT2D eigenvalue weighted by Crippen LogP contribution is 2.40. The number of carbonyl (C=O) groups is 3. The number of nitrogens with one attached hydrogen (secondary N) is 2. The number of aliphatic hydroxyl groups is 1. The maximum absolute atomic E-state index is 14.3. The van der Waals surface area contributed by atoms with E-state index in [0.717, 1.165) is 24.1 Å². The lowest BCUT2D eigenvalue weighted by Crippen LogP contribution is -2.56. The third-order valence-corrected chi connectivity index (χ3v) is 8.55. The Bertz CT molecular complexity index is 1430. The summed E-state index contributed by atoms with van der Waals surface area (Å²) in [6, 6.07) is 5.98. The van der Waals surface area contributed by atoms with Crippen LogP contribution in [0.4, 0.5) is 22.8 Å². The maximum atomic E-state index is 14.3. The molecule has 0 radical (unpaired) electrons. The molecule has 1 aliphatic carbocycles. The van der Waals surface area contributed by atoms with Gasteiger partial charge in [0, 0.05) is 36.4 Å². The van der Waals surface area contributed by atoms with Crippen molar-refractivity contribution in [3.05, 3.63) is 82.3 Å². The molecule has 12 heteroatoms. The van der Waals surface area contributed by atoms with Crippen molar-refractivity contribution < 1.29 is 37.4 Å². The number of hydrogen-bond donors (Lipinski definition) is 3. The number of nitrogens with zero attached hydrogens (tertiary/aromatic N) is 2. The molecule has 1 saturated heterocycles. The molecule has 2 unspecified atom stereocenters. The first-order valence-corrected chi connectivity index (χ1v) is 13.9. The van der Waals surface area contributed by atoms with Crippen molar-refractivity contribution in [2.75, 3.05) is 20.2 Å². The Balaban J connectivity index is 1.28. The number of allylic oxidation sites excluding steroid dienone is 1. The number of halogens is 3. The molecular weight excluding hydrogens is 553 g/mol. The fourth-order valence-electron chi connectivity index (χ4n) is 6.36. The third-order valence-electron chi connectivity index (χ3n) is 8.55. The second kappa shape index (κ2) is 11.8. The number of esters is 1. The Morgan fingerprint density at radius 3 is 2.43 bits per heavy atom. The number of likely N-dealkylation sites (tertiary alicyclic amines) is 1. The van der Waals surface area contributed by atoms with Crippen molar-refractivity contribution in [2.24, 2.45) is 0 Å². The van der Waals surface area contributed by atoms with Crippen molar-refractivity contribution in [2.45, 2.75) is 62.8 Å². The molecule has 3 aliphatic rings. The highest BCUT2D eigenvalue weighted by atomic mass is 19.2. The van der Waals surface area contributed by atoms with E-state index in [0.29, 0.717) is 50.8 Å².